The Morgan fingerprint density at radius 2 is 2.26 bits per heavy atom. The SMILES string of the molecule is Nc1cc(=O)[nH]c(SCc2cc([N+](=O)[O-])cc3c2OCOC3)n1. The molecule has 10 heteroatoms. The van der Waals surface area contributed by atoms with Gasteiger partial charge in [-0.1, -0.05) is 11.8 Å². The number of ether oxygens (including phenoxy) is 2. The lowest BCUT2D eigenvalue weighted by molar-refractivity contribution is -0.385. The van der Waals surface area contributed by atoms with Crippen molar-refractivity contribution in [1.82, 2.24) is 9.97 Å². The van der Waals surface area contributed by atoms with Crippen LogP contribution in [0.2, 0.25) is 0 Å². The first-order valence-electron chi connectivity index (χ1n) is 6.53. The van der Waals surface area contributed by atoms with Crippen LogP contribution in [-0.4, -0.2) is 21.7 Å². The molecule has 0 bridgehead atoms. The summed E-state index contributed by atoms with van der Waals surface area (Å²) < 4.78 is 10.6. The van der Waals surface area contributed by atoms with Crippen molar-refractivity contribution in [2.45, 2.75) is 17.5 Å². The summed E-state index contributed by atoms with van der Waals surface area (Å²) in [4.78, 5) is 28.5. The van der Waals surface area contributed by atoms with Crippen molar-refractivity contribution in [3.05, 3.63) is 49.8 Å². The van der Waals surface area contributed by atoms with Crippen molar-refractivity contribution in [2.75, 3.05) is 12.5 Å². The first kappa shape index (κ1) is 15.3. The zero-order valence-corrected chi connectivity index (χ0v) is 12.6. The first-order valence-corrected chi connectivity index (χ1v) is 7.52. The second kappa shape index (κ2) is 6.26. The summed E-state index contributed by atoms with van der Waals surface area (Å²) in [6, 6.07) is 4.06. The van der Waals surface area contributed by atoms with Crippen LogP contribution >= 0.6 is 11.8 Å². The summed E-state index contributed by atoms with van der Waals surface area (Å²) in [7, 11) is 0. The van der Waals surface area contributed by atoms with Crippen molar-refractivity contribution in [2.24, 2.45) is 0 Å². The normalized spacial score (nSPS) is 13.2. The number of nitrogen functional groups attached to an aromatic ring is 1. The average Bonchev–Trinajstić information content (AvgIpc) is 2.51. The summed E-state index contributed by atoms with van der Waals surface area (Å²) >= 11 is 1.21. The van der Waals surface area contributed by atoms with Gasteiger partial charge >= 0.3 is 0 Å². The number of nitrogens with one attached hydrogen (secondary N) is 1. The lowest BCUT2D eigenvalue weighted by atomic mass is 10.1. The number of thioether (sulfide) groups is 1. The smallest absolute Gasteiger partial charge is 0.270 e. The molecular formula is C13H12N4O5S. The molecule has 0 saturated heterocycles. The van der Waals surface area contributed by atoms with Crippen molar-refractivity contribution in [3.63, 3.8) is 0 Å². The molecule has 1 aromatic heterocycles. The van der Waals surface area contributed by atoms with E-state index in [-0.39, 0.29) is 30.5 Å². The number of hydrogen-bond donors (Lipinski definition) is 2. The molecule has 2 aromatic rings. The topological polar surface area (TPSA) is 133 Å². The molecule has 0 unspecified atom stereocenters. The molecule has 3 N–H and O–H groups in total. The molecule has 0 spiro atoms. The highest BCUT2D eigenvalue weighted by Gasteiger charge is 2.21. The van der Waals surface area contributed by atoms with Gasteiger partial charge in [-0.2, -0.15) is 0 Å². The van der Waals surface area contributed by atoms with Crippen molar-refractivity contribution >= 4 is 23.3 Å². The molecule has 9 nitrogen and oxygen atoms in total. The van der Waals surface area contributed by atoms with Crippen LogP contribution in [0.4, 0.5) is 11.5 Å². The maximum atomic E-state index is 11.4. The quantitative estimate of drug-likeness (QED) is 0.370. The highest BCUT2D eigenvalue weighted by molar-refractivity contribution is 7.98. The minimum atomic E-state index is -0.469. The fourth-order valence-corrected chi connectivity index (χ4v) is 3.01. The molecule has 1 aliphatic rings. The van der Waals surface area contributed by atoms with E-state index in [1.165, 1.54) is 30.0 Å². The van der Waals surface area contributed by atoms with Crippen LogP contribution in [0.5, 0.6) is 5.75 Å². The monoisotopic (exact) mass is 336 g/mol. The van der Waals surface area contributed by atoms with Gasteiger partial charge < -0.3 is 20.2 Å². The molecule has 0 aliphatic carbocycles. The number of rotatable bonds is 4. The van der Waals surface area contributed by atoms with Gasteiger partial charge in [-0.25, -0.2) is 4.98 Å². The highest BCUT2D eigenvalue weighted by Crippen LogP contribution is 2.35. The Labute approximate surface area is 134 Å². The number of aromatic nitrogens is 2. The number of nitro benzene ring substituents is 1. The Morgan fingerprint density at radius 1 is 1.43 bits per heavy atom. The van der Waals surface area contributed by atoms with Crippen LogP contribution in [0.15, 0.2) is 28.2 Å². The van der Waals surface area contributed by atoms with Gasteiger partial charge in [-0.3, -0.25) is 14.9 Å². The molecule has 3 rings (SSSR count). The van der Waals surface area contributed by atoms with Gasteiger partial charge in [0.25, 0.3) is 11.2 Å². The third-order valence-electron chi connectivity index (χ3n) is 3.09. The van der Waals surface area contributed by atoms with E-state index in [2.05, 4.69) is 9.97 Å². The van der Waals surface area contributed by atoms with E-state index in [0.717, 1.165) is 0 Å². The van der Waals surface area contributed by atoms with Crippen molar-refractivity contribution < 1.29 is 14.4 Å². The Kier molecular flexibility index (Phi) is 4.17. The Hall–Kier alpha value is -2.59. The minimum Gasteiger partial charge on any atom is -0.467 e. The summed E-state index contributed by atoms with van der Waals surface area (Å²) in [6.07, 6.45) is 0. The maximum Gasteiger partial charge on any atom is 0.270 e. The number of aromatic amines is 1. The Balaban J connectivity index is 1.90. The van der Waals surface area contributed by atoms with E-state index in [1.54, 1.807) is 0 Å². The highest BCUT2D eigenvalue weighted by atomic mass is 32.2. The molecule has 0 fully saturated rings. The fraction of sp³-hybridized carbons (Fsp3) is 0.231. The molecule has 1 aromatic carbocycles. The van der Waals surface area contributed by atoms with Crippen molar-refractivity contribution in [3.8, 4) is 5.75 Å². The van der Waals surface area contributed by atoms with Gasteiger partial charge in [-0.15, -0.1) is 0 Å². The number of nitrogens with zero attached hydrogens (tertiary/aromatic N) is 2. The van der Waals surface area contributed by atoms with E-state index < -0.39 is 4.92 Å². The standard InChI is InChI=1S/C13H12N4O5S/c14-10-3-11(18)16-13(15-10)23-5-8-2-9(17(19)20)1-7-4-21-6-22-12(7)8/h1-3H,4-6H2,(H3,14,15,16,18). The molecule has 1 aliphatic heterocycles. The molecule has 120 valence electrons. The van der Waals surface area contributed by atoms with Crippen LogP contribution in [0.3, 0.4) is 0 Å². The summed E-state index contributed by atoms with van der Waals surface area (Å²) in [5.41, 5.74) is 6.39. The second-order valence-electron chi connectivity index (χ2n) is 4.72. The summed E-state index contributed by atoms with van der Waals surface area (Å²) in [5.74, 6) is 1.01. The third kappa shape index (κ3) is 3.43. The predicted molar refractivity (Wildman–Crippen MR) is 82.2 cm³/mol. The molecule has 0 atom stereocenters. The number of benzene rings is 1. The van der Waals surface area contributed by atoms with Gasteiger partial charge in [0, 0.05) is 35.1 Å². The molecule has 0 amide bonds. The zero-order chi connectivity index (χ0) is 16.4. The number of anilines is 1. The van der Waals surface area contributed by atoms with Gasteiger partial charge in [0.15, 0.2) is 11.9 Å². The molecule has 23 heavy (non-hydrogen) atoms. The van der Waals surface area contributed by atoms with E-state index in [4.69, 9.17) is 15.2 Å². The van der Waals surface area contributed by atoms with Gasteiger partial charge in [0.2, 0.25) is 0 Å². The first-order chi connectivity index (χ1) is 11.0. The van der Waals surface area contributed by atoms with Crippen LogP contribution in [0.25, 0.3) is 0 Å². The van der Waals surface area contributed by atoms with Gasteiger partial charge in [0.05, 0.1) is 11.5 Å². The fourth-order valence-electron chi connectivity index (χ4n) is 2.16. The lowest BCUT2D eigenvalue weighted by Gasteiger charge is -2.20. The number of fused-ring (bicyclic) bond motifs is 1. The van der Waals surface area contributed by atoms with Crippen LogP contribution in [-0.2, 0) is 17.1 Å². The van der Waals surface area contributed by atoms with Gasteiger partial charge in [-0.05, 0) is 0 Å². The van der Waals surface area contributed by atoms with Crippen LogP contribution in [0, 0.1) is 10.1 Å². The molecular weight excluding hydrogens is 324 g/mol. The predicted octanol–water partition coefficient (Wildman–Crippen LogP) is 1.42. The van der Waals surface area contributed by atoms with Crippen molar-refractivity contribution in [1.29, 1.82) is 0 Å². The number of nitro groups is 1. The zero-order valence-electron chi connectivity index (χ0n) is 11.8. The van der Waals surface area contributed by atoms with E-state index in [0.29, 0.717) is 27.8 Å². The van der Waals surface area contributed by atoms with Crippen LogP contribution in [0.1, 0.15) is 11.1 Å². The Bertz CT molecular complexity index is 822. The minimum absolute atomic E-state index is 0.0394. The molecule has 0 saturated carbocycles. The third-order valence-corrected chi connectivity index (χ3v) is 4.01. The molecule has 2 heterocycles. The summed E-state index contributed by atoms with van der Waals surface area (Å²) in [5, 5.41) is 11.4. The number of non-ortho nitro benzene ring substituents is 1. The maximum absolute atomic E-state index is 11.4. The van der Waals surface area contributed by atoms with Gasteiger partial charge in [0.1, 0.15) is 11.6 Å². The molecule has 0 radical (unpaired) electrons. The Morgan fingerprint density at radius 3 is 3.00 bits per heavy atom. The largest absolute Gasteiger partial charge is 0.467 e. The number of H-pyrrole nitrogens is 1. The number of nitrogens with two attached hydrogens (primary N) is 1. The lowest BCUT2D eigenvalue weighted by Crippen LogP contribution is -2.13. The van der Waals surface area contributed by atoms with E-state index in [9.17, 15) is 14.9 Å². The second-order valence-corrected chi connectivity index (χ2v) is 5.69. The number of hydrogen-bond acceptors (Lipinski definition) is 8. The van der Waals surface area contributed by atoms with E-state index >= 15 is 0 Å². The van der Waals surface area contributed by atoms with E-state index in [1.807, 2.05) is 0 Å². The van der Waals surface area contributed by atoms with Crippen LogP contribution < -0.4 is 16.0 Å². The average molecular weight is 336 g/mol. The summed E-state index contributed by atoms with van der Waals surface area (Å²) in [6.45, 7) is 0.345.